The van der Waals surface area contributed by atoms with Crippen LogP contribution < -0.4 is 0 Å². The highest BCUT2D eigenvalue weighted by Crippen LogP contribution is 2.38. The molecule has 0 radical (unpaired) electrons. The standard InChI is InChI=1S/C30H44/c1-3-5-7-8-9-10-12-26-15-19-28(20-16-26)30-23-21-29(22-24-30)27-17-13-25(14-18-27)11-6-4-2/h13-14,17-18,21-24,26,28H,3-12,15-16,19-20H2,1-2H3. The molecule has 0 aliphatic heterocycles. The van der Waals surface area contributed by atoms with E-state index >= 15 is 0 Å². The lowest BCUT2D eigenvalue weighted by Gasteiger charge is -2.29. The Hall–Kier alpha value is -1.56. The summed E-state index contributed by atoms with van der Waals surface area (Å²) in [6, 6.07) is 18.7. The van der Waals surface area contributed by atoms with Gasteiger partial charge in [0.1, 0.15) is 0 Å². The minimum absolute atomic E-state index is 0.788. The normalized spacial score (nSPS) is 19.1. The summed E-state index contributed by atoms with van der Waals surface area (Å²) in [7, 11) is 0. The molecule has 0 nitrogen and oxygen atoms in total. The van der Waals surface area contributed by atoms with Gasteiger partial charge in [-0.25, -0.2) is 0 Å². The largest absolute Gasteiger partial charge is 0.0654 e. The van der Waals surface area contributed by atoms with Gasteiger partial charge in [-0.1, -0.05) is 114 Å². The van der Waals surface area contributed by atoms with Crippen LogP contribution in [0.5, 0.6) is 0 Å². The topological polar surface area (TPSA) is 0 Å². The molecule has 0 N–H and O–H groups in total. The molecular formula is C30H44. The summed E-state index contributed by atoms with van der Waals surface area (Å²) < 4.78 is 0. The lowest BCUT2D eigenvalue weighted by molar-refractivity contribution is 0.302. The maximum absolute atomic E-state index is 2.40. The molecule has 0 heterocycles. The highest BCUT2D eigenvalue weighted by Gasteiger charge is 2.22. The third-order valence-electron chi connectivity index (χ3n) is 7.30. The SMILES string of the molecule is CCCCCCCCC1CCC(c2ccc(-c3ccc(CCCC)cc3)cc2)CC1. The highest BCUT2D eigenvalue weighted by atomic mass is 14.3. The number of hydrogen-bond donors (Lipinski definition) is 0. The highest BCUT2D eigenvalue weighted by molar-refractivity contribution is 5.64. The van der Waals surface area contributed by atoms with Gasteiger partial charge in [0.05, 0.1) is 0 Å². The van der Waals surface area contributed by atoms with Crippen molar-refractivity contribution in [1.29, 1.82) is 0 Å². The van der Waals surface area contributed by atoms with Gasteiger partial charge in [-0.05, 0) is 72.6 Å². The van der Waals surface area contributed by atoms with Crippen molar-refractivity contribution in [3.63, 3.8) is 0 Å². The minimum atomic E-state index is 0.788. The molecule has 0 aromatic heterocycles. The second-order valence-electron chi connectivity index (χ2n) is 9.70. The third-order valence-corrected chi connectivity index (χ3v) is 7.30. The van der Waals surface area contributed by atoms with Crippen molar-refractivity contribution in [3.05, 3.63) is 59.7 Å². The second kappa shape index (κ2) is 13.0. The number of aryl methyl sites for hydroxylation is 1. The van der Waals surface area contributed by atoms with Crippen molar-refractivity contribution in [3.8, 4) is 11.1 Å². The fraction of sp³-hybridized carbons (Fsp3) is 0.600. The zero-order valence-corrected chi connectivity index (χ0v) is 19.7. The van der Waals surface area contributed by atoms with Crippen molar-refractivity contribution >= 4 is 0 Å². The molecule has 0 saturated heterocycles. The van der Waals surface area contributed by atoms with Gasteiger partial charge in [0.2, 0.25) is 0 Å². The van der Waals surface area contributed by atoms with Crippen LogP contribution in [0.2, 0.25) is 0 Å². The van der Waals surface area contributed by atoms with E-state index < -0.39 is 0 Å². The molecule has 0 heteroatoms. The Morgan fingerprint density at radius 1 is 0.600 bits per heavy atom. The molecule has 3 rings (SSSR count). The Morgan fingerprint density at radius 3 is 1.80 bits per heavy atom. The predicted molar refractivity (Wildman–Crippen MR) is 133 cm³/mol. The average Bonchev–Trinajstić information content (AvgIpc) is 2.81. The average molecular weight is 405 g/mol. The van der Waals surface area contributed by atoms with Gasteiger partial charge >= 0.3 is 0 Å². The van der Waals surface area contributed by atoms with Crippen LogP contribution in [0.4, 0.5) is 0 Å². The van der Waals surface area contributed by atoms with Crippen LogP contribution in [0.25, 0.3) is 11.1 Å². The van der Waals surface area contributed by atoms with Gasteiger partial charge in [-0.2, -0.15) is 0 Å². The van der Waals surface area contributed by atoms with E-state index in [1.807, 2.05) is 0 Å². The first-order valence-electron chi connectivity index (χ1n) is 13.0. The summed E-state index contributed by atoms with van der Waals surface area (Å²) in [6.07, 6.45) is 19.5. The molecule has 30 heavy (non-hydrogen) atoms. The zero-order chi connectivity index (χ0) is 21.0. The molecule has 164 valence electrons. The van der Waals surface area contributed by atoms with Crippen LogP contribution in [0.15, 0.2) is 48.5 Å². The molecule has 1 aliphatic rings. The first-order chi connectivity index (χ1) is 14.8. The van der Waals surface area contributed by atoms with E-state index in [4.69, 9.17) is 0 Å². The van der Waals surface area contributed by atoms with Crippen LogP contribution in [0, 0.1) is 5.92 Å². The van der Waals surface area contributed by atoms with Crippen molar-refractivity contribution in [2.24, 2.45) is 5.92 Å². The predicted octanol–water partition coefficient (Wildman–Crippen LogP) is 9.72. The Bertz CT molecular complexity index is 686. The molecule has 1 aliphatic carbocycles. The summed E-state index contributed by atoms with van der Waals surface area (Å²) in [5.41, 5.74) is 5.74. The maximum atomic E-state index is 2.40. The molecular weight excluding hydrogens is 360 g/mol. The van der Waals surface area contributed by atoms with E-state index in [0.717, 1.165) is 11.8 Å². The number of rotatable bonds is 12. The van der Waals surface area contributed by atoms with Crippen LogP contribution in [0.1, 0.15) is 114 Å². The first kappa shape index (κ1) is 23.1. The molecule has 0 spiro atoms. The smallest absolute Gasteiger partial charge is 0.0162 e. The van der Waals surface area contributed by atoms with E-state index in [2.05, 4.69) is 62.4 Å². The van der Waals surface area contributed by atoms with Crippen molar-refractivity contribution in [2.75, 3.05) is 0 Å². The molecule has 0 bridgehead atoms. The molecule has 2 aromatic rings. The maximum Gasteiger partial charge on any atom is -0.0162 e. The summed E-state index contributed by atoms with van der Waals surface area (Å²) in [6.45, 7) is 4.57. The van der Waals surface area contributed by atoms with E-state index in [-0.39, 0.29) is 0 Å². The van der Waals surface area contributed by atoms with Crippen molar-refractivity contribution < 1.29 is 0 Å². The Balaban J connectivity index is 1.42. The lowest BCUT2D eigenvalue weighted by Crippen LogP contribution is -2.13. The number of hydrogen-bond acceptors (Lipinski definition) is 0. The first-order valence-corrected chi connectivity index (χ1v) is 13.0. The molecule has 1 fully saturated rings. The van der Waals surface area contributed by atoms with Crippen molar-refractivity contribution in [2.45, 2.75) is 110 Å². The summed E-state index contributed by atoms with van der Waals surface area (Å²) in [5.74, 6) is 1.79. The fourth-order valence-corrected chi connectivity index (χ4v) is 5.19. The monoisotopic (exact) mass is 404 g/mol. The molecule has 1 saturated carbocycles. The van der Waals surface area contributed by atoms with Crippen LogP contribution >= 0.6 is 0 Å². The van der Waals surface area contributed by atoms with Gasteiger partial charge in [-0.15, -0.1) is 0 Å². The van der Waals surface area contributed by atoms with E-state index in [9.17, 15) is 0 Å². The number of unbranched alkanes of at least 4 members (excludes halogenated alkanes) is 6. The molecule has 2 aromatic carbocycles. The van der Waals surface area contributed by atoms with Crippen LogP contribution in [0.3, 0.4) is 0 Å². The van der Waals surface area contributed by atoms with Crippen LogP contribution in [-0.2, 0) is 6.42 Å². The van der Waals surface area contributed by atoms with E-state index in [1.54, 1.807) is 5.56 Å². The Morgan fingerprint density at radius 2 is 1.17 bits per heavy atom. The van der Waals surface area contributed by atoms with Gasteiger partial charge < -0.3 is 0 Å². The van der Waals surface area contributed by atoms with Gasteiger partial charge in [0.25, 0.3) is 0 Å². The quantitative estimate of drug-likeness (QED) is 0.309. The molecule has 0 atom stereocenters. The fourth-order valence-electron chi connectivity index (χ4n) is 5.19. The van der Waals surface area contributed by atoms with E-state index in [1.165, 1.54) is 107 Å². The van der Waals surface area contributed by atoms with Crippen LogP contribution in [-0.4, -0.2) is 0 Å². The minimum Gasteiger partial charge on any atom is -0.0654 e. The van der Waals surface area contributed by atoms with Gasteiger partial charge in [0.15, 0.2) is 0 Å². The lowest BCUT2D eigenvalue weighted by atomic mass is 9.77. The molecule has 0 unspecified atom stereocenters. The Labute approximate surface area is 186 Å². The summed E-state index contributed by atoms with van der Waals surface area (Å²) in [4.78, 5) is 0. The van der Waals surface area contributed by atoms with Gasteiger partial charge in [0, 0.05) is 0 Å². The molecule has 0 amide bonds. The van der Waals surface area contributed by atoms with E-state index in [0.29, 0.717) is 0 Å². The van der Waals surface area contributed by atoms with Crippen molar-refractivity contribution in [1.82, 2.24) is 0 Å². The van der Waals surface area contributed by atoms with Gasteiger partial charge in [-0.3, -0.25) is 0 Å². The summed E-state index contributed by atoms with van der Waals surface area (Å²) in [5, 5.41) is 0. The third kappa shape index (κ3) is 7.29. The second-order valence-corrected chi connectivity index (χ2v) is 9.70. The summed E-state index contributed by atoms with van der Waals surface area (Å²) >= 11 is 0. The Kier molecular flexibility index (Phi) is 10.0. The zero-order valence-electron chi connectivity index (χ0n) is 19.7. The number of benzene rings is 2.